The summed E-state index contributed by atoms with van der Waals surface area (Å²) < 4.78 is 4.74. The van der Waals surface area contributed by atoms with Crippen LogP contribution in [0.5, 0.6) is 0 Å². The van der Waals surface area contributed by atoms with E-state index in [9.17, 15) is 4.79 Å². The number of nitrogens with one attached hydrogen (secondary N) is 1. The Balaban J connectivity index is 2.71. The van der Waals surface area contributed by atoms with Gasteiger partial charge in [0.1, 0.15) is 11.3 Å². The topological polar surface area (TPSA) is 55.1 Å². The number of aryl methyl sites for hydroxylation is 1. The summed E-state index contributed by atoms with van der Waals surface area (Å²) in [5.41, 5.74) is 0.419. The fourth-order valence-electron chi connectivity index (χ4n) is 0.833. The maximum atomic E-state index is 11.4. The first-order valence-electron chi connectivity index (χ1n) is 3.83. The molecule has 4 nitrogen and oxygen atoms in total. The van der Waals surface area contributed by atoms with Gasteiger partial charge in [-0.2, -0.15) is 0 Å². The van der Waals surface area contributed by atoms with Crippen LogP contribution in [0.2, 0.25) is 0 Å². The first-order valence-corrected chi connectivity index (χ1v) is 3.83. The highest BCUT2D eigenvalue weighted by Gasteiger charge is 2.13. The standard InChI is InChI=1S/C9H10N2O2/c1-4-6(2)11-9(12)8-5-10-13-7(8)3/h1,5-6H,2-3H3,(H,11,12). The van der Waals surface area contributed by atoms with Crippen molar-refractivity contribution in [1.82, 2.24) is 10.5 Å². The summed E-state index contributed by atoms with van der Waals surface area (Å²) in [4.78, 5) is 11.4. The Bertz CT molecular complexity index is 349. The number of terminal acetylenes is 1. The molecule has 1 N–H and O–H groups in total. The minimum Gasteiger partial charge on any atom is -0.361 e. The molecule has 1 unspecified atom stereocenters. The van der Waals surface area contributed by atoms with E-state index >= 15 is 0 Å². The molecule has 1 atom stereocenters. The monoisotopic (exact) mass is 178 g/mol. The quantitative estimate of drug-likeness (QED) is 0.679. The van der Waals surface area contributed by atoms with E-state index in [1.807, 2.05) is 0 Å². The van der Waals surface area contributed by atoms with E-state index in [1.54, 1.807) is 13.8 Å². The number of aromatic nitrogens is 1. The molecule has 13 heavy (non-hydrogen) atoms. The van der Waals surface area contributed by atoms with E-state index in [1.165, 1.54) is 6.20 Å². The van der Waals surface area contributed by atoms with Crippen LogP contribution in [-0.4, -0.2) is 17.1 Å². The van der Waals surface area contributed by atoms with Gasteiger partial charge in [0.05, 0.1) is 12.2 Å². The second kappa shape index (κ2) is 3.76. The average Bonchev–Trinajstić information content (AvgIpc) is 2.51. The summed E-state index contributed by atoms with van der Waals surface area (Å²) in [7, 11) is 0. The van der Waals surface area contributed by atoms with Crippen molar-refractivity contribution in [3.63, 3.8) is 0 Å². The lowest BCUT2D eigenvalue weighted by molar-refractivity contribution is 0.0946. The molecule has 0 aliphatic rings. The van der Waals surface area contributed by atoms with Gasteiger partial charge in [-0.1, -0.05) is 11.1 Å². The maximum Gasteiger partial charge on any atom is 0.257 e. The smallest absolute Gasteiger partial charge is 0.257 e. The second-order valence-electron chi connectivity index (χ2n) is 2.66. The number of carbonyl (C=O) groups is 1. The first-order chi connectivity index (χ1) is 6.15. The van der Waals surface area contributed by atoms with Gasteiger partial charge in [-0.15, -0.1) is 6.42 Å². The zero-order valence-corrected chi connectivity index (χ0v) is 7.50. The van der Waals surface area contributed by atoms with E-state index in [2.05, 4.69) is 16.4 Å². The lowest BCUT2D eigenvalue weighted by Crippen LogP contribution is -2.31. The van der Waals surface area contributed by atoms with Crippen LogP contribution in [0.1, 0.15) is 23.0 Å². The Hall–Kier alpha value is -1.76. The van der Waals surface area contributed by atoms with Gasteiger partial charge in [0.25, 0.3) is 5.91 Å². The van der Waals surface area contributed by atoms with Crippen molar-refractivity contribution in [2.75, 3.05) is 0 Å². The molecule has 1 heterocycles. The predicted octanol–water partition coefficient (Wildman–Crippen LogP) is 0.735. The van der Waals surface area contributed by atoms with Crippen LogP contribution in [0, 0.1) is 19.3 Å². The van der Waals surface area contributed by atoms with Crippen LogP contribution >= 0.6 is 0 Å². The van der Waals surface area contributed by atoms with Gasteiger partial charge < -0.3 is 9.84 Å². The Morgan fingerprint density at radius 3 is 3.00 bits per heavy atom. The molecule has 0 bridgehead atoms. The molecule has 1 amide bonds. The Morgan fingerprint density at radius 1 is 1.85 bits per heavy atom. The molecule has 0 fully saturated rings. The van der Waals surface area contributed by atoms with Crippen molar-refractivity contribution in [2.45, 2.75) is 19.9 Å². The zero-order chi connectivity index (χ0) is 9.84. The third-order valence-electron chi connectivity index (χ3n) is 1.59. The summed E-state index contributed by atoms with van der Waals surface area (Å²) in [6.07, 6.45) is 6.48. The minimum atomic E-state index is -0.290. The molecule has 0 spiro atoms. The molecule has 0 aliphatic heterocycles. The molecule has 0 aromatic carbocycles. The molecule has 0 radical (unpaired) electrons. The van der Waals surface area contributed by atoms with Gasteiger partial charge in [-0.05, 0) is 13.8 Å². The van der Waals surface area contributed by atoms with Crippen molar-refractivity contribution in [3.8, 4) is 12.3 Å². The van der Waals surface area contributed by atoms with E-state index in [0.29, 0.717) is 11.3 Å². The summed E-state index contributed by atoms with van der Waals surface area (Å²) in [6, 6.07) is -0.290. The second-order valence-corrected chi connectivity index (χ2v) is 2.66. The van der Waals surface area contributed by atoms with Crippen LogP contribution in [0.15, 0.2) is 10.7 Å². The highest BCUT2D eigenvalue weighted by molar-refractivity contribution is 5.95. The normalized spacial score (nSPS) is 11.8. The summed E-state index contributed by atoms with van der Waals surface area (Å²) in [6.45, 7) is 3.39. The van der Waals surface area contributed by atoms with Crippen LogP contribution in [0.3, 0.4) is 0 Å². The molecule has 0 saturated heterocycles. The lowest BCUT2D eigenvalue weighted by atomic mass is 10.2. The number of carbonyl (C=O) groups excluding carboxylic acids is 1. The lowest BCUT2D eigenvalue weighted by Gasteiger charge is -2.05. The van der Waals surface area contributed by atoms with Crippen molar-refractivity contribution in [3.05, 3.63) is 17.5 Å². The fourth-order valence-corrected chi connectivity index (χ4v) is 0.833. The summed E-state index contributed by atoms with van der Waals surface area (Å²) in [5, 5.41) is 6.09. The molecule has 1 aromatic rings. The molecule has 0 saturated carbocycles. The fraction of sp³-hybridized carbons (Fsp3) is 0.333. The Labute approximate surface area is 76.3 Å². The van der Waals surface area contributed by atoms with Crippen LogP contribution in [0.25, 0.3) is 0 Å². The highest BCUT2D eigenvalue weighted by atomic mass is 16.5. The van der Waals surface area contributed by atoms with Gasteiger partial charge in [0.2, 0.25) is 0 Å². The SMILES string of the molecule is C#CC(C)NC(=O)c1cnoc1C. The van der Waals surface area contributed by atoms with E-state index in [4.69, 9.17) is 10.9 Å². The molecule has 4 heteroatoms. The van der Waals surface area contributed by atoms with Crippen molar-refractivity contribution < 1.29 is 9.32 Å². The molecular formula is C9H10N2O2. The largest absolute Gasteiger partial charge is 0.361 e. The summed E-state index contributed by atoms with van der Waals surface area (Å²) in [5.74, 6) is 2.62. The van der Waals surface area contributed by atoms with Crippen molar-refractivity contribution >= 4 is 5.91 Å². The zero-order valence-electron chi connectivity index (χ0n) is 7.50. The van der Waals surface area contributed by atoms with E-state index in [0.717, 1.165) is 0 Å². The number of hydrogen-bond donors (Lipinski definition) is 1. The van der Waals surface area contributed by atoms with Crippen LogP contribution in [0.4, 0.5) is 0 Å². The predicted molar refractivity (Wildman–Crippen MR) is 47.0 cm³/mol. The average molecular weight is 178 g/mol. The van der Waals surface area contributed by atoms with E-state index < -0.39 is 0 Å². The molecule has 0 aliphatic carbocycles. The van der Waals surface area contributed by atoms with Crippen molar-refractivity contribution in [1.29, 1.82) is 0 Å². The van der Waals surface area contributed by atoms with Crippen molar-refractivity contribution in [2.24, 2.45) is 0 Å². The Morgan fingerprint density at radius 2 is 2.54 bits per heavy atom. The van der Waals surface area contributed by atoms with Crippen LogP contribution in [-0.2, 0) is 0 Å². The van der Waals surface area contributed by atoms with Gasteiger partial charge in [0.15, 0.2) is 0 Å². The maximum absolute atomic E-state index is 11.4. The van der Waals surface area contributed by atoms with Crippen LogP contribution < -0.4 is 5.32 Å². The number of amides is 1. The molecular weight excluding hydrogens is 168 g/mol. The van der Waals surface area contributed by atoms with Gasteiger partial charge in [-0.3, -0.25) is 4.79 Å². The van der Waals surface area contributed by atoms with Gasteiger partial charge in [-0.25, -0.2) is 0 Å². The third kappa shape index (κ3) is 2.09. The van der Waals surface area contributed by atoms with Gasteiger partial charge in [0, 0.05) is 0 Å². The minimum absolute atomic E-state index is 0.260. The van der Waals surface area contributed by atoms with Gasteiger partial charge >= 0.3 is 0 Å². The number of nitrogens with zero attached hydrogens (tertiary/aromatic N) is 1. The Kier molecular flexibility index (Phi) is 2.70. The molecule has 68 valence electrons. The number of hydrogen-bond acceptors (Lipinski definition) is 3. The molecule has 1 aromatic heterocycles. The highest BCUT2D eigenvalue weighted by Crippen LogP contribution is 2.05. The first kappa shape index (κ1) is 9.33. The third-order valence-corrected chi connectivity index (χ3v) is 1.59. The molecule has 1 rings (SSSR count). The summed E-state index contributed by atoms with van der Waals surface area (Å²) >= 11 is 0. The number of rotatable bonds is 2. The van der Waals surface area contributed by atoms with E-state index in [-0.39, 0.29) is 11.9 Å².